The van der Waals surface area contributed by atoms with E-state index < -0.39 is 9.84 Å². The van der Waals surface area contributed by atoms with Crippen molar-refractivity contribution in [1.29, 1.82) is 0 Å². The largest absolute Gasteiger partial charge is 0.379 e. The molecule has 0 saturated carbocycles. The quantitative estimate of drug-likeness (QED) is 0.777. The highest BCUT2D eigenvalue weighted by atomic mass is 35.5. The van der Waals surface area contributed by atoms with Crippen LogP contribution in [0.4, 0.5) is 0 Å². The fraction of sp³-hybridized carbons (Fsp3) is 0.562. The Morgan fingerprint density at radius 1 is 1.33 bits per heavy atom. The minimum absolute atomic E-state index is 0.0306. The van der Waals surface area contributed by atoms with Crippen LogP contribution in [-0.4, -0.2) is 64.1 Å². The predicted molar refractivity (Wildman–Crippen MR) is 93.9 cm³/mol. The number of halogens is 1. The van der Waals surface area contributed by atoms with E-state index in [0.717, 1.165) is 24.9 Å². The van der Waals surface area contributed by atoms with Crippen LogP contribution in [0.1, 0.15) is 18.0 Å². The number of nitrogens with zero attached hydrogens (tertiary/aromatic N) is 1. The number of amides is 1. The molecular formula is C16H23ClN2O4S. The van der Waals surface area contributed by atoms with Crippen LogP contribution < -0.4 is 5.32 Å². The normalized spacial score (nSPS) is 17.4. The molecule has 8 heteroatoms. The van der Waals surface area contributed by atoms with Gasteiger partial charge in [0.2, 0.25) is 5.91 Å². The molecule has 0 bridgehead atoms. The zero-order valence-electron chi connectivity index (χ0n) is 13.7. The highest BCUT2D eigenvalue weighted by Crippen LogP contribution is 2.27. The van der Waals surface area contributed by atoms with Crippen molar-refractivity contribution in [2.45, 2.75) is 12.5 Å². The lowest BCUT2D eigenvalue weighted by molar-refractivity contribution is -0.121. The second kappa shape index (κ2) is 8.80. The van der Waals surface area contributed by atoms with Gasteiger partial charge >= 0.3 is 0 Å². The Balaban J connectivity index is 2.03. The van der Waals surface area contributed by atoms with Gasteiger partial charge in [-0.05, 0) is 11.6 Å². The second-order valence-corrected chi connectivity index (χ2v) is 8.54. The predicted octanol–water partition coefficient (Wildman–Crippen LogP) is 1.26. The summed E-state index contributed by atoms with van der Waals surface area (Å²) in [6, 6.07) is 7.50. The van der Waals surface area contributed by atoms with E-state index in [1.54, 1.807) is 0 Å². The Morgan fingerprint density at radius 2 is 2.00 bits per heavy atom. The van der Waals surface area contributed by atoms with Crippen LogP contribution in [0.3, 0.4) is 0 Å². The molecule has 1 amide bonds. The van der Waals surface area contributed by atoms with Gasteiger partial charge < -0.3 is 10.1 Å². The first kappa shape index (κ1) is 19.2. The number of rotatable bonds is 7. The minimum atomic E-state index is -3.15. The molecule has 1 aromatic carbocycles. The molecule has 0 spiro atoms. The van der Waals surface area contributed by atoms with E-state index in [2.05, 4.69) is 10.2 Å². The number of nitrogens with one attached hydrogen (secondary N) is 1. The number of carbonyl (C=O) groups is 1. The summed E-state index contributed by atoms with van der Waals surface area (Å²) in [5.74, 6) is -0.418. The molecule has 1 aliphatic heterocycles. The highest BCUT2D eigenvalue weighted by Gasteiger charge is 2.24. The van der Waals surface area contributed by atoms with Gasteiger partial charge in [-0.2, -0.15) is 0 Å². The lowest BCUT2D eigenvalue weighted by Gasteiger charge is -2.35. The molecule has 134 valence electrons. The molecule has 24 heavy (non-hydrogen) atoms. The lowest BCUT2D eigenvalue weighted by Crippen LogP contribution is -2.44. The topological polar surface area (TPSA) is 75.7 Å². The first-order valence-electron chi connectivity index (χ1n) is 7.87. The van der Waals surface area contributed by atoms with E-state index >= 15 is 0 Å². The molecule has 6 nitrogen and oxygen atoms in total. The van der Waals surface area contributed by atoms with Crippen LogP contribution in [0.15, 0.2) is 24.3 Å². The third kappa shape index (κ3) is 6.05. The number of sulfone groups is 1. The summed E-state index contributed by atoms with van der Waals surface area (Å²) in [5, 5.41) is 3.49. The third-order valence-electron chi connectivity index (χ3n) is 3.94. The van der Waals surface area contributed by atoms with Gasteiger partial charge in [0, 0.05) is 37.3 Å². The smallest absolute Gasteiger partial charge is 0.221 e. The summed E-state index contributed by atoms with van der Waals surface area (Å²) in [7, 11) is -3.15. The maximum atomic E-state index is 11.9. The molecule has 1 atom stereocenters. The molecule has 1 fully saturated rings. The molecule has 2 rings (SSSR count). The maximum Gasteiger partial charge on any atom is 0.221 e. The van der Waals surface area contributed by atoms with Crippen molar-refractivity contribution in [1.82, 2.24) is 10.2 Å². The molecule has 0 aromatic heterocycles. The van der Waals surface area contributed by atoms with Crippen molar-refractivity contribution in [3.63, 3.8) is 0 Å². The van der Waals surface area contributed by atoms with Gasteiger partial charge in [-0.25, -0.2) is 8.42 Å². The number of hydrogen-bond acceptors (Lipinski definition) is 5. The minimum Gasteiger partial charge on any atom is -0.379 e. The Morgan fingerprint density at radius 3 is 2.62 bits per heavy atom. The van der Waals surface area contributed by atoms with Gasteiger partial charge in [0.1, 0.15) is 9.84 Å². The number of benzene rings is 1. The van der Waals surface area contributed by atoms with Crippen molar-refractivity contribution >= 4 is 27.3 Å². The van der Waals surface area contributed by atoms with E-state index in [4.69, 9.17) is 16.3 Å². The van der Waals surface area contributed by atoms with Crippen LogP contribution in [0.5, 0.6) is 0 Å². The number of hydrogen-bond donors (Lipinski definition) is 1. The first-order chi connectivity index (χ1) is 11.4. The second-order valence-electron chi connectivity index (χ2n) is 5.87. The van der Waals surface area contributed by atoms with Crippen LogP contribution in [0.25, 0.3) is 0 Å². The van der Waals surface area contributed by atoms with Crippen LogP contribution in [0.2, 0.25) is 5.02 Å². The van der Waals surface area contributed by atoms with E-state index in [1.807, 2.05) is 24.3 Å². The fourth-order valence-electron chi connectivity index (χ4n) is 2.65. The molecule has 1 aliphatic rings. The average molecular weight is 375 g/mol. The number of carbonyl (C=O) groups excluding carboxylic acids is 1. The summed E-state index contributed by atoms with van der Waals surface area (Å²) in [5.41, 5.74) is 0.949. The molecule has 1 unspecified atom stereocenters. The zero-order chi connectivity index (χ0) is 17.6. The Labute approximate surface area is 148 Å². The fourth-order valence-corrected chi connectivity index (χ4v) is 3.47. The third-order valence-corrected chi connectivity index (χ3v) is 5.23. The summed E-state index contributed by atoms with van der Waals surface area (Å²) < 4.78 is 27.7. The number of ether oxygens (including phenoxy) is 1. The van der Waals surface area contributed by atoms with Crippen molar-refractivity contribution < 1.29 is 17.9 Å². The Kier molecular flexibility index (Phi) is 7.03. The van der Waals surface area contributed by atoms with Gasteiger partial charge in [-0.3, -0.25) is 9.69 Å². The SMILES string of the molecule is CS(=O)(=O)CCC(=O)NCC(c1ccccc1Cl)N1CCOCC1. The summed E-state index contributed by atoms with van der Waals surface area (Å²) in [6.45, 7) is 3.18. The molecule has 0 radical (unpaired) electrons. The molecular weight excluding hydrogens is 352 g/mol. The lowest BCUT2D eigenvalue weighted by atomic mass is 10.0. The van der Waals surface area contributed by atoms with Gasteiger partial charge in [-0.1, -0.05) is 29.8 Å². The molecule has 1 N–H and O–H groups in total. The van der Waals surface area contributed by atoms with Crippen molar-refractivity contribution in [2.75, 3.05) is 44.9 Å². The highest BCUT2D eigenvalue weighted by molar-refractivity contribution is 7.90. The van der Waals surface area contributed by atoms with Gasteiger partial charge in [0.25, 0.3) is 0 Å². The molecule has 1 saturated heterocycles. The van der Waals surface area contributed by atoms with E-state index in [1.165, 1.54) is 0 Å². The molecule has 1 heterocycles. The number of morpholine rings is 1. The zero-order valence-corrected chi connectivity index (χ0v) is 15.3. The van der Waals surface area contributed by atoms with E-state index in [-0.39, 0.29) is 24.1 Å². The monoisotopic (exact) mass is 374 g/mol. The Bertz CT molecular complexity index is 660. The van der Waals surface area contributed by atoms with Gasteiger partial charge in [-0.15, -0.1) is 0 Å². The van der Waals surface area contributed by atoms with Crippen molar-refractivity contribution in [3.8, 4) is 0 Å². The first-order valence-corrected chi connectivity index (χ1v) is 10.3. The van der Waals surface area contributed by atoms with Crippen molar-refractivity contribution in [2.24, 2.45) is 0 Å². The van der Waals surface area contributed by atoms with Crippen LogP contribution in [0, 0.1) is 0 Å². The summed E-state index contributed by atoms with van der Waals surface area (Å²) >= 11 is 6.32. The van der Waals surface area contributed by atoms with Gasteiger partial charge in [0.05, 0.1) is 25.0 Å². The van der Waals surface area contributed by atoms with Crippen LogP contribution >= 0.6 is 11.6 Å². The van der Waals surface area contributed by atoms with Gasteiger partial charge in [0.15, 0.2) is 0 Å². The molecule has 1 aromatic rings. The summed E-state index contributed by atoms with van der Waals surface area (Å²) in [6.07, 6.45) is 1.09. The van der Waals surface area contributed by atoms with E-state index in [9.17, 15) is 13.2 Å². The van der Waals surface area contributed by atoms with E-state index in [0.29, 0.717) is 24.8 Å². The standard InChI is InChI=1S/C16H23ClN2O4S/c1-24(21,22)11-6-16(20)18-12-15(19-7-9-23-10-8-19)13-4-2-3-5-14(13)17/h2-5,15H,6-12H2,1H3,(H,18,20). The molecule has 0 aliphatic carbocycles. The summed E-state index contributed by atoms with van der Waals surface area (Å²) in [4.78, 5) is 14.2. The Hall–Kier alpha value is -1.15. The van der Waals surface area contributed by atoms with Crippen LogP contribution in [-0.2, 0) is 19.4 Å². The maximum absolute atomic E-state index is 11.9. The van der Waals surface area contributed by atoms with Crippen molar-refractivity contribution in [3.05, 3.63) is 34.9 Å². The average Bonchev–Trinajstić information content (AvgIpc) is 2.55.